The van der Waals surface area contributed by atoms with Crippen LogP contribution in [0.3, 0.4) is 0 Å². The summed E-state index contributed by atoms with van der Waals surface area (Å²) in [6, 6.07) is 49.3. The van der Waals surface area contributed by atoms with Gasteiger partial charge in [0.15, 0.2) is 6.04 Å². The monoisotopic (exact) mass is 1030 g/mol. The van der Waals surface area contributed by atoms with Gasteiger partial charge in [-0.3, -0.25) is 4.79 Å². The van der Waals surface area contributed by atoms with Crippen LogP contribution in [0.5, 0.6) is 11.5 Å². The van der Waals surface area contributed by atoms with Gasteiger partial charge in [0.1, 0.15) is 40.9 Å². The molecule has 0 heterocycles. The zero-order valence-corrected chi connectivity index (χ0v) is 40.7. The van der Waals surface area contributed by atoms with Crippen LogP contribution in [-0.2, 0) is 51.5 Å². The quantitative estimate of drug-likeness (QED) is 0.0629. The molecule has 4 N–H and O–H groups in total. The Labute approximate surface area is 405 Å². The molecule has 19 heteroatoms. The van der Waals surface area contributed by atoms with Crippen LogP contribution in [0.25, 0.3) is 21.5 Å². The molecule has 0 aliphatic rings. The van der Waals surface area contributed by atoms with Gasteiger partial charge in [-0.25, -0.2) is 27.4 Å². The number of carbonyl (C=O) groups is 2. The Hall–Kier alpha value is -5.24. The van der Waals surface area contributed by atoms with Crippen molar-refractivity contribution in [1.29, 1.82) is 0 Å². The Morgan fingerprint density at radius 2 is 1.01 bits per heavy atom. The van der Waals surface area contributed by atoms with Gasteiger partial charge < -0.3 is 28.8 Å². The van der Waals surface area contributed by atoms with E-state index in [9.17, 15) is 31.7 Å². The molecule has 67 heavy (non-hydrogen) atoms. The van der Waals surface area contributed by atoms with E-state index in [0.717, 1.165) is 38.2 Å². The maximum atomic E-state index is 12.6. The van der Waals surface area contributed by atoms with E-state index in [1.165, 1.54) is 19.1 Å². The molecule has 356 valence electrons. The Morgan fingerprint density at radius 3 is 1.45 bits per heavy atom. The summed E-state index contributed by atoms with van der Waals surface area (Å²) in [6.07, 6.45) is -3.55. The van der Waals surface area contributed by atoms with Gasteiger partial charge in [0.25, 0.3) is 0 Å². The molecule has 7 rings (SSSR count). The van der Waals surface area contributed by atoms with Crippen molar-refractivity contribution in [3.05, 3.63) is 187 Å². The summed E-state index contributed by atoms with van der Waals surface area (Å²) in [5.74, 6) is -0.0182. The van der Waals surface area contributed by atoms with Crippen molar-refractivity contribution in [2.24, 2.45) is 0 Å². The molecule has 0 bridgehead atoms. The zero-order chi connectivity index (χ0) is 48.3. The smallest absolute Gasteiger partial charge is 0.428 e. The molecular formula is C48H51Cl3N2O11P2S. The molecule has 7 aromatic carbocycles. The van der Waals surface area contributed by atoms with E-state index >= 15 is 0 Å². The van der Waals surface area contributed by atoms with Crippen molar-refractivity contribution in [3.8, 4) is 11.5 Å². The molecule has 0 aliphatic heterocycles. The largest absolute Gasteiger partial charge is 0.744 e. The summed E-state index contributed by atoms with van der Waals surface area (Å²) in [5, 5.41) is 6.06. The molecule has 7 aromatic rings. The number of esters is 2. The van der Waals surface area contributed by atoms with Crippen LogP contribution in [0.15, 0.2) is 175 Å². The van der Waals surface area contributed by atoms with Crippen molar-refractivity contribution in [2.45, 2.75) is 58.4 Å². The first-order chi connectivity index (χ1) is 31.2. The molecule has 3 atom stereocenters. The normalized spacial score (nSPS) is 12.6. The summed E-state index contributed by atoms with van der Waals surface area (Å²) >= 11 is 16.8. The van der Waals surface area contributed by atoms with E-state index in [2.05, 4.69) is 10.8 Å². The minimum Gasteiger partial charge on any atom is -0.744 e. The Bertz CT molecular complexity index is 2860. The van der Waals surface area contributed by atoms with Crippen LogP contribution in [0.4, 0.5) is 0 Å². The number of hydrogen-bond donors (Lipinski definition) is 2. The molecule has 1 unspecified atom stereocenters. The molecule has 0 aromatic heterocycles. The second-order valence-electron chi connectivity index (χ2n) is 14.2. The first-order valence-corrected chi connectivity index (χ1v) is 27.3. The summed E-state index contributed by atoms with van der Waals surface area (Å²) in [6.45, 7) is 1.72. The number of halogens is 3. The van der Waals surface area contributed by atoms with E-state index < -0.39 is 35.1 Å². The number of fused-ring (bicyclic) bond motifs is 2. The Kier molecular flexibility index (Phi) is 22.5. The number of ether oxygens (including phenoxy) is 2. The fourth-order valence-corrected chi connectivity index (χ4v) is 8.53. The average molecular weight is 1030 g/mol. The van der Waals surface area contributed by atoms with Crippen molar-refractivity contribution in [1.82, 2.24) is 5.09 Å². The molecule has 0 spiro atoms. The maximum absolute atomic E-state index is 12.6. The molecule has 13 nitrogen and oxygen atoms in total. The minimum absolute atomic E-state index is 0. The third-order valence-corrected chi connectivity index (χ3v) is 12.1. The molecule has 0 aliphatic carbocycles. The molecule has 0 saturated heterocycles. The topological polar surface area (TPSA) is 202 Å². The number of benzene rings is 7. The summed E-state index contributed by atoms with van der Waals surface area (Å²) in [4.78, 5) is 23.0. The molecular weight excluding hydrogens is 981 g/mol. The number of quaternary nitrogens is 1. The van der Waals surface area contributed by atoms with Crippen LogP contribution in [0, 0.1) is 6.92 Å². The van der Waals surface area contributed by atoms with Crippen LogP contribution in [0.1, 0.15) is 38.0 Å². The summed E-state index contributed by atoms with van der Waals surface area (Å²) < 4.78 is 75.7. The van der Waals surface area contributed by atoms with Gasteiger partial charge in [-0.15, -0.1) is 0 Å². The lowest BCUT2D eigenvalue weighted by Gasteiger charge is -2.19. The van der Waals surface area contributed by atoms with Crippen LogP contribution in [0.2, 0.25) is 0 Å². The lowest BCUT2D eigenvalue weighted by Crippen LogP contribution is -2.63. The van der Waals surface area contributed by atoms with Crippen molar-refractivity contribution in [2.75, 3.05) is 0 Å². The fourth-order valence-electron chi connectivity index (χ4n) is 5.53. The highest BCUT2D eigenvalue weighted by molar-refractivity contribution is 8.05. The Morgan fingerprint density at radius 1 is 0.612 bits per heavy atom. The Balaban J connectivity index is 0.000000254. The lowest BCUT2D eigenvalue weighted by atomic mass is 10.1. The van der Waals surface area contributed by atoms with Crippen molar-refractivity contribution >= 4 is 90.3 Å². The first kappa shape index (κ1) is 56.1. The van der Waals surface area contributed by atoms with Gasteiger partial charge in [0.2, 0.25) is 0 Å². The van der Waals surface area contributed by atoms with E-state index in [1.807, 2.05) is 128 Å². The molecule has 0 fully saturated rings. The first-order valence-electron chi connectivity index (χ1n) is 19.9. The van der Waals surface area contributed by atoms with Gasteiger partial charge in [-0.2, -0.15) is 0 Å². The van der Waals surface area contributed by atoms with E-state index in [1.54, 1.807) is 43.3 Å². The molecule has 0 radical (unpaired) electrons. The average Bonchev–Trinajstić information content (AvgIpc) is 3.28. The number of hydrogen-bond acceptors (Lipinski definition) is 11. The second kappa shape index (κ2) is 26.9. The minimum atomic E-state index is -4.27. The molecule has 0 saturated carbocycles. The van der Waals surface area contributed by atoms with Gasteiger partial charge in [0, 0.05) is 44.5 Å². The highest BCUT2D eigenvalue weighted by atomic mass is 35.9. The number of carbonyl (C=O) groups excluding carboxylic acids is 2. The third-order valence-electron chi connectivity index (χ3n) is 8.78. The highest BCUT2D eigenvalue weighted by Gasteiger charge is 2.29. The lowest BCUT2D eigenvalue weighted by molar-refractivity contribution is -0.403. The zero-order valence-electron chi connectivity index (χ0n) is 35.9. The van der Waals surface area contributed by atoms with Crippen LogP contribution in [-0.4, -0.2) is 37.0 Å². The number of nitrogens with one attached hydrogen (secondary N) is 1. The van der Waals surface area contributed by atoms with Crippen molar-refractivity contribution < 1.29 is 55.9 Å². The molecule has 0 amide bonds. The van der Waals surface area contributed by atoms with E-state index in [0.29, 0.717) is 18.1 Å². The van der Waals surface area contributed by atoms with E-state index in [4.69, 9.17) is 52.2 Å². The summed E-state index contributed by atoms with van der Waals surface area (Å²) in [7, 11) is -4.27. The predicted octanol–water partition coefficient (Wildman–Crippen LogP) is 12.0. The van der Waals surface area contributed by atoms with Gasteiger partial charge >= 0.3 is 24.9 Å². The third kappa shape index (κ3) is 20.3. The van der Waals surface area contributed by atoms with Crippen LogP contribution < -0.4 is 19.9 Å². The van der Waals surface area contributed by atoms with Crippen molar-refractivity contribution in [3.63, 3.8) is 0 Å². The van der Waals surface area contributed by atoms with Crippen LogP contribution >= 0.6 is 46.7 Å². The SMILES string of the molecule is C.C[C@H](NP(=O)(Cl)Oc1cccc2ccccc12)C(=O)OCc1ccccc1.C[C@H]([NH3+])C(=O)OCc1ccccc1.Cc1ccc(S(=O)(=O)[O-])cc1.O=P(Cl)(Cl)Oc1cccc2ccccc12. The predicted molar refractivity (Wildman–Crippen MR) is 265 cm³/mol. The fraction of sp³-hybridized carbons (Fsp3) is 0.167. The van der Waals surface area contributed by atoms with E-state index in [-0.39, 0.29) is 30.9 Å². The standard InChI is InChI=1S/C20H19ClNO4P.C10H7Cl2O2P.C10H13NO2.C7H8O3S.CH4/c1-15(20(23)25-14-16-8-3-2-4-9-16)22-27(21,24)26-19-13-7-11-17-10-5-6-12-18(17)19;11-15(12,13)14-10-7-3-5-8-4-1-2-6-9(8)10;1-8(11)10(12)13-7-9-5-3-2-4-6-9;1-6-2-4-7(5-3-6)11(8,9)10;/h2-13,15H,14H2,1H3,(H,22,24);1-7H;2-6,8H,7,11H2,1H3;2-5H,1H3,(H,8,9,10);1H4/t15-,27?;;8-;;/m0.0../s1. The highest BCUT2D eigenvalue weighted by Crippen LogP contribution is 2.57. The van der Waals surface area contributed by atoms with Gasteiger partial charge in [0.05, 0.1) is 4.90 Å². The number of aryl methyl sites for hydroxylation is 1. The maximum Gasteiger partial charge on any atom is 0.428 e. The van der Waals surface area contributed by atoms with Gasteiger partial charge in [-0.05, 0) is 66.9 Å². The summed E-state index contributed by atoms with van der Waals surface area (Å²) in [5.41, 5.74) is 6.36. The second-order valence-corrected chi connectivity index (χ2v) is 22.6. The number of rotatable bonds is 13. The van der Waals surface area contributed by atoms with Gasteiger partial charge in [-0.1, -0.05) is 159 Å².